The van der Waals surface area contributed by atoms with Gasteiger partial charge in [0.05, 0.1) is 12.2 Å². The Morgan fingerprint density at radius 2 is 2.27 bits per heavy atom. The lowest BCUT2D eigenvalue weighted by atomic mass is 9.97. The van der Waals surface area contributed by atoms with E-state index in [1.807, 2.05) is 0 Å². The molecule has 0 aliphatic carbocycles. The summed E-state index contributed by atoms with van der Waals surface area (Å²) in [5, 5.41) is 3.32. The third-order valence-corrected chi connectivity index (χ3v) is 2.35. The van der Waals surface area contributed by atoms with E-state index >= 15 is 0 Å². The molecule has 1 fully saturated rings. The van der Waals surface area contributed by atoms with Gasteiger partial charge in [-0.15, -0.1) is 12.4 Å². The molecule has 1 saturated heterocycles. The molecule has 11 heavy (non-hydrogen) atoms. The molecule has 0 aromatic heterocycles. The fourth-order valence-corrected chi connectivity index (χ4v) is 1.67. The van der Waals surface area contributed by atoms with Crippen molar-refractivity contribution in [2.75, 3.05) is 19.7 Å². The zero-order valence-electron chi connectivity index (χ0n) is 6.51. The summed E-state index contributed by atoms with van der Waals surface area (Å²) >= 11 is 0. The van der Waals surface area contributed by atoms with Crippen LogP contribution in [0.25, 0.3) is 0 Å². The van der Waals surface area contributed by atoms with Crippen LogP contribution in [0, 0.1) is 0 Å². The molecule has 2 heterocycles. The van der Waals surface area contributed by atoms with Crippen molar-refractivity contribution in [3.05, 3.63) is 12.2 Å². The Morgan fingerprint density at radius 3 is 2.82 bits per heavy atom. The summed E-state index contributed by atoms with van der Waals surface area (Å²) in [5.74, 6) is 0. The Balaban J connectivity index is 0.000000605. The van der Waals surface area contributed by atoms with Gasteiger partial charge < -0.3 is 10.1 Å². The van der Waals surface area contributed by atoms with E-state index in [-0.39, 0.29) is 18.0 Å². The number of hydrogen-bond donors (Lipinski definition) is 1. The summed E-state index contributed by atoms with van der Waals surface area (Å²) in [6.07, 6.45) is 6.61. The van der Waals surface area contributed by atoms with Crippen LogP contribution in [0.4, 0.5) is 0 Å². The van der Waals surface area contributed by atoms with Crippen LogP contribution in [-0.4, -0.2) is 25.3 Å². The second kappa shape index (κ2) is 3.57. The molecule has 0 aromatic carbocycles. The van der Waals surface area contributed by atoms with E-state index in [1.165, 1.54) is 6.42 Å². The van der Waals surface area contributed by atoms with Gasteiger partial charge in [0.15, 0.2) is 0 Å². The highest BCUT2D eigenvalue weighted by molar-refractivity contribution is 5.85. The molecule has 0 radical (unpaired) electrons. The first-order valence-corrected chi connectivity index (χ1v) is 3.91. The molecule has 0 saturated carbocycles. The third-order valence-electron chi connectivity index (χ3n) is 2.35. The molecule has 0 aromatic rings. The first-order valence-electron chi connectivity index (χ1n) is 3.91. The lowest BCUT2D eigenvalue weighted by Crippen LogP contribution is -2.36. The molecule has 2 aliphatic rings. The van der Waals surface area contributed by atoms with Gasteiger partial charge in [0.1, 0.15) is 0 Å². The van der Waals surface area contributed by atoms with E-state index in [4.69, 9.17) is 4.74 Å². The monoisotopic (exact) mass is 175 g/mol. The molecule has 3 heteroatoms. The van der Waals surface area contributed by atoms with Crippen molar-refractivity contribution >= 4 is 12.4 Å². The molecule has 1 atom stereocenters. The summed E-state index contributed by atoms with van der Waals surface area (Å²) < 4.78 is 5.68. The van der Waals surface area contributed by atoms with Gasteiger partial charge in [-0.1, -0.05) is 12.2 Å². The first-order chi connectivity index (χ1) is 4.91. The van der Waals surface area contributed by atoms with Gasteiger partial charge in [0.2, 0.25) is 0 Å². The standard InChI is InChI=1S/C8H13NO.ClH/c1-2-6-10-8(3-1)4-5-9-7-8;/h1-2,9H,3-7H2;1H. The van der Waals surface area contributed by atoms with Crippen molar-refractivity contribution in [1.82, 2.24) is 5.32 Å². The van der Waals surface area contributed by atoms with Crippen LogP contribution in [0.5, 0.6) is 0 Å². The van der Waals surface area contributed by atoms with Gasteiger partial charge in [0, 0.05) is 6.54 Å². The summed E-state index contributed by atoms with van der Waals surface area (Å²) in [5.41, 5.74) is 0.175. The number of ether oxygens (including phenoxy) is 1. The van der Waals surface area contributed by atoms with E-state index in [0.717, 1.165) is 26.1 Å². The van der Waals surface area contributed by atoms with Gasteiger partial charge in [0.25, 0.3) is 0 Å². The number of nitrogens with one attached hydrogen (secondary N) is 1. The van der Waals surface area contributed by atoms with Crippen molar-refractivity contribution < 1.29 is 4.74 Å². The highest BCUT2D eigenvalue weighted by Gasteiger charge is 2.34. The minimum absolute atomic E-state index is 0. The Morgan fingerprint density at radius 1 is 1.36 bits per heavy atom. The van der Waals surface area contributed by atoms with Gasteiger partial charge in [-0.05, 0) is 19.4 Å². The van der Waals surface area contributed by atoms with Crippen molar-refractivity contribution in [3.8, 4) is 0 Å². The Kier molecular flexibility index (Phi) is 2.93. The predicted molar refractivity (Wildman–Crippen MR) is 47.2 cm³/mol. The molecule has 2 nitrogen and oxygen atoms in total. The smallest absolute Gasteiger partial charge is 0.0856 e. The maximum atomic E-state index is 5.68. The molecular formula is C8H14ClNO. The van der Waals surface area contributed by atoms with Gasteiger partial charge in [-0.2, -0.15) is 0 Å². The third kappa shape index (κ3) is 1.75. The van der Waals surface area contributed by atoms with E-state index in [1.54, 1.807) is 0 Å². The fourth-order valence-electron chi connectivity index (χ4n) is 1.67. The second-order valence-corrected chi connectivity index (χ2v) is 3.10. The van der Waals surface area contributed by atoms with Crippen LogP contribution in [0.3, 0.4) is 0 Å². The zero-order valence-corrected chi connectivity index (χ0v) is 7.32. The van der Waals surface area contributed by atoms with Crippen molar-refractivity contribution in [3.63, 3.8) is 0 Å². The summed E-state index contributed by atoms with van der Waals surface area (Å²) in [6, 6.07) is 0. The fraction of sp³-hybridized carbons (Fsp3) is 0.750. The van der Waals surface area contributed by atoms with Crippen LogP contribution in [0.2, 0.25) is 0 Å². The van der Waals surface area contributed by atoms with E-state index in [0.29, 0.717) is 0 Å². The normalized spacial score (nSPS) is 35.6. The van der Waals surface area contributed by atoms with E-state index in [2.05, 4.69) is 17.5 Å². The molecule has 1 N–H and O–H groups in total. The van der Waals surface area contributed by atoms with E-state index < -0.39 is 0 Å². The first kappa shape index (κ1) is 9.04. The van der Waals surface area contributed by atoms with Gasteiger partial charge in [-0.3, -0.25) is 0 Å². The number of hydrogen-bond acceptors (Lipinski definition) is 2. The van der Waals surface area contributed by atoms with Gasteiger partial charge in [-0.25, -0.2) is 0 Å². The van der Waals surface area contributed by atoms with E-state index in [9.17, 15) is 0 Å². The van der Waals surface area contributed by atoms with Gasteiger partial charge >= 0.3 is 0 Å². The van der Waals surface area contributed by atoms with Crippen LogP contribution >= 0.6 is 12.4 Å². The van der Waals surface area contributed by atoms with Crippen LogP contribution < -0.4 is 5.32 Å². The van der Waals surface area contributed by atoms with Crippen LogP contribution in [-0.2, 0) is 4.74 Å². The van der Waals surface area contributed by atoms with Crippen molar-refractivity contribution in [2.24, 2.45) is 0 Å². The molecule has 0 bridgehead atoms. The predicted octanol–water partition coefficient (Wildman–Crippen LogP) is 1.12. The second-order valence-electron chi connectivity index (χ2n) is 3.10. The van der Waals surface area contributed by atoms with Crippen molar-refractivity contribution in [2.45, 2.75) is 18.4 Å². The van der Waals surface area contributed by atoms with Crippen LogP contribution in [0.1, 0.15) is 12.8 Å². The number of rotatable bonds is 0. The highest BCUT2D eigenvalue weighted by Crippen LogP contribution is 2.26. The molecule has 2 rings (SSSR count). The summed E-state index contributed by atoms with van der Waals surface area (Å²) in [4.78, 5) is 0. The lowest BCUT2D eigenvalue weighted by molar-refractivity contribution is -0.0200. The largest absolute Gasteiger partial charge is 0.369 e. The average molecular weight is 176 g/mol. The lowest BCUT2D eigenvalue weighted by Gasteiger charge is -2.29. The SMILES string of the molecule is C1=CCC2(CCNC2)OC1.Cl. The molecule has 64 valence electrons. The Labute approximate surface area is 73.4 Å². The summed E-state index contributed by atoms with van der Waals surface area (Å²) in [6.45, 7) is 2.97. The topological polar surface area (TPSA) is 21.3 Å². The molecular weight excluding hydrogens is 162 g/mol. The maximum Gasteiger partial charge on any atom is 0.0856 e. The minimum atomic E-state index is 0. The highest BCUT2D eigenvalue weighted by atomic mass is 35.5. The number of halogens is 1. The zero-order chi connectivity index (χ0) is 6.86. The summed E-state index contributed by atoms with van der Waals surface area (Å²) in [7, 11) is 0. The maximum absolute atomic E-state index is 5.68. The Hall–Kier alpha value is -0.0500. The molecule has 1 spiro atoms. The average Bonchev–Trinajstić information content (AvgIpc) is 2.39. The Bertz CT molecular complexity index is 152. The molecule has 0 amide bonds. The quantitative estimate of drug-likeness (QED) is 0.558. The van der Waals surface area contributed by atoms with Crippen LogP contribution in [0.15, 0.2) is 12.2 Å². The van der Waals surface area contributed by atoms with Crippen molar-refractivity contribution in [1.29, 1.82) is 0 Å². The molecule has 2 aliphatic heterocycles. The molecule has 1 unspecified atom stereocenters. The minimum Gasteiger partial charge on any atom is -0.369 e.